The number of rotatable bonds is 6. The van der Waals surface area contributed by atoms with Gasteiger partial charge in [-0.2, -0.15) is 0 Å². The smallest absolute Gasteiger partial charge is 0.320 e. The van der Waals surface area contributed by atoms with Crippen LogP contribution in [0, 0.1) is 0 Å². The van der Waals surface area contributed by atoms with E-state index in [2.05, 4.69) is 5.32 Å². The zero-order chi connectivity index (χ0) is 15.4. The van der Waals surface area contributed by atoms with Crippen LogP contribution in [0.5, 0.6) is 0 Å². The van der Waals surface area contributed by atoms with Gasteiger partial charge in [-0.15, -0.1) is 0 Å². The summed E-state index contributed by atoms with van der Waals surface area (Å²) in [6, 6.07) is 7.32. The molecule has 5 nitrogen and oxygen atoms in total. The Kier molecular flexibility index (Phi) is 4.96. The van der Waals surface area contributed by atoms with Crippen LogP contribution < -0.4 is 10.2 Å². The molecule has 1 amide bonds. The molecule has 0 saturated heterocycles. The van der Waals surface area contributed by atoms with E-state index in [1.54, 1.807) is 4.90 Å². The second-order valence-corrected chi connectivity index (χ2v) is 5.51. The Morgan fingerprint density at radius 2 is 2.14 bits per heavy atom. The summed E-state index contributed by atoms with van der Waals surface area (Å²) in [4.78, 5) is 25.3. The molecule has 1 heterocycles. The highest BCUT2D eigenvalue weighted by atomic mass is 16.4. The molecule has 0 saturated carbocycles. The van der Waals surface area contributed by atoms with E-state index < -0.39 is 12.0 Å². The molecule has 114 valence electrons. The summed E-state index contributed by atoms with van der Waals surface area (Å²) < 4.78 is 0. The van der Waals surface area contributed by atoms with Crippen molar-refractivity contribution in [3.63, 3.8) is 0 Å². The Hall–Kier alpha value is -1.88. The number of aliphatic carboxylic acids is 1. The average Bonchev–Trinajstić information content (AvgIpc) is 2.78. The van der Waals surface area contributed by atoms with Gasteiger partial charge in [0.2, 0.25) is 5.91 Å². The second kappa shape index (κ2) is 6.72. The van der Waals surface area contributed by atoms with Crippen molar-refractivity contribution in [2.45, 2.75) is 45.2 Å². The van der Waals surface area contributed by atoms with Gasteiger partial charge in [0.05, 0.1) is 6.54 Å². The van der Waals surface area contributed by atoms with E-state index in [1.807, 2.05) is 38.1 Å². The van der Waals surface area contributed by atoms with Gasteiger partial charge in [0, 0.05) is 11.7 Å². The van der Waals surface area contributed by atoms with Crippen LogP contribution in [0.3, 0.4) is 0 Å². The van der Waals surface area contributed by atoms with Gasteiger partial charge < -0.3 is 10.0 Å². The molecule has 1 aliphatic heterocycles. The van der Waals surface area contributed by atoms with Gasteiger partial charge in [-0.25, -0.2) is 0 Å². The molecule has 2 atom stereocenters. The number of carbonyl (C=O) groups is 2. The summed E-state index contributed by atoms with van der Waals surface area (Å²) in [7, 11) is 0. The third-order valence-corrected chi connectivity index (χ3v) is 3.85. The first-order chi connectivity index (χ1) is 10.0. The van der Waals surface area contributed by atoms with Gasteiger partial charge in [-0.1, -0.05) is 31.5 Å². The average molecular weight is 290 g/mol. The maximum absolute atomic E-state index is 12.4. The van der Waals surface area contributed by atoms with Crippen LogP contribution in [-0.2, 0) is 16.0 Å². The summed E-state index contributed by atoms with van der Waals surface area (Å²) >= 11 is 0. The largest absolute Gasteiger partial charge is 0.480 e. The molecule has 0 bridgehead atoms. The molecule has 1 aromatic carbocycles. The topological polar surface area (TPSA) is 69.6 Å². The van der Waals surface area contributed by atoms with Crippen LogP contribution in [0.25, 0.3) is 0 Å². The van der Waals surface area contributed by atoms with E-state index in [0.717, 1.165) is 18.5 Å². The number of amides is 1. The van der Waals surface area contributed by atoms with Crippen molar-refractivity contribution in [1.82, 2.24) is 5.32 Å². The number of para-hydroxylation sites is 1. The Labute approximate surface area is 125 Å². The number of carbonyl (C=O) groups excluding carboxylic acids is 1. The van der Waals surface area contributed by atoms with Gasteiger partial charge in [-0.3, -0.25) is 14.9 Å². The van der Waals surface area contributed by atoms with Crippen molar-refractivity contribution >= 4 is 17.6 Å². The normalized spacial score (nSPS) is 18.4. The molecule has 0 unspecified atom stereocenters. The molecule has 21 heavy (non-hydrogen) atoms. The Morgan fingerprint density at radius 3 is 2.81 bits per heavy atom. The van der Waals surface area contributed by atoms with Gasteiger partial charge in [0.15, 0.2) is 0 Å². The number of fused-ring (bicyclic) bond motifs is 1. The number of nitrogens with one attached hydrogen (secondary N) is 1. The lowest BCUT2D eigenvalue weighted by atomic mass is 10.1. The van der Waals surface area contributed by atoms with E-state index in [1.165, 1.54) is 5.56 Å². The van der Waals surface area contributed by atoms with E-state index in [0.29, 0.717) is 6.42 Å². The molecule has 1 aromatic rings. The van der Waals surface area contributed by atoms with Crippen molar-refractivity contribution < 1.29 is 14.7 Å². The lowest BCUT2D eigenvalue weighted by Gasteiger charge is -2.24. The highest BCUT2D eigenvalue weighted by molar-refractivity contribution is 5.97. The van der Waals surface area contributed by atoms with Gasteiger partial charge in [0.25, 0.3) is 0 Å². The third kappa shape index (κ3) is 3.42. The van der Waals surface area contributed by atoms with E-state index in [9.17, 15) is 9.59 Å². The molecule has 2 rings (SSSR count). The van der Waals surface area contributed by atoms with E-state index in [-0.39, 0.29) is 18.5 Å². The number of carboxylic acids is 1. The van der Waals surface area contributed by atoms with Crippen LogP contribution in [0.2, 0.25) is 0 Å². The fourth-order valence-electron chi connectivity index (χ4n) is 2.84. The molecule has 0 aromatic heterocycles. The van der Waals surface area contributed by atoms with Crippen LogP contribution >= 0.6 is 0 Å². The molecule has 0 aliphatic carbocycles. The number of anilines is 1. The molecule has 5 heteroatoms. The SMILES string of the molecule is CCC[C@@H](NCC(=O)N1c2ccccc2C[C@@H]1C)C(=O)O. The monoisotopic (exact) mass is 290 g/mol. The summed E-state index contributed by atoms with van der Waals surface area (Å²) in [5.74, 6) is -0.977. The summed E-state index contributed by atoms with van der Waals surface area (Å²) in [5.41, 5.74) is 2.11. The predicted octanol–water partition coefficient (Wildman–Crippen LogP) is 1.81. The number of benzene rings is 1. The van der Waals surface area contributed by atoms with E-state index in [4.69, 9.17) is 5.11 Å². The Morgan fingerprint density at radius 1 is 1.43 bits per heavy atom. The van der Waals surface area contributed by atoms with Crippen LogP contribution in [-0.4, -0.2) is 35.6 Å². The van der Waals surface area contributed by atoms with Crippen LogP contribution in [0.15, 0.2) is 24.3 Å². The van der Waals surface area contributed by atoms with Crippen molar-refractivity contribution in [1.29, 1.82) is 0 Å². The number of hydrogen-bond donors (Lipinski definition) is 2. The first-order valence-corrected chi connectivity index (χ1v) is 7.40. The summed E-state index contributed by atoms with van der Waals surface area (Å²) in [6.45, 7) is 3.99. The minimum absolute atomic E-state index is 0.0512. The van der Waals surface area contributed by atoms with Crippen molar-refractivity contribution in [3.8, 4) is 0 Å². The van der Waals surface area contributed by atoms with Crippen LogP contribution in [0.1, 0.15) is 32.3 Å². The molecule has 0 fully saturated rings. The number of carboxylic acid groups (broad SMARTS) is 1. The minimum Gasteiger partial charge on any atom is -0.480 e. The van der Waals surface area contributed by atoms with Gasteiger partial charge >= 0.3 is 5.97 Å². The summed E-state index contributed by atoms with van der Waals surface area (Å²) in [5, 5.41) is 12.0. The lowest BCUT2D eigenvalue weighted by Crippen LogP contribution is -2.46. The third-order valence-electron chi connectivity index (χ3n) is 3.85. The van der Waals surface area contributed by atoms with Gasteiger partial charge in [-0.05, 0) is 31.4 Å². The maximum Gasteiger partial charge on any atom is 0.320 e. The Balaban J connectivity index is 2.02. The maximum atomic E-state index is 12.4. The van der Waals surface area contributed by atoms with Crippen molar-refractivity contribution in [2.24, 2.45) is 0 Å². The summed E-state index contributed by atoms with van der Waals surface area (Å²) in [6.07, 6.45) is 2.13. The molecule has 1 aliphatic rings. The zero-order valence-electron chi connectivity index (χ0n) is 12.5. The quantitative estimate of drug-likeness (QED) is 0.838. The lowest BCUT2D eigenvalue weighted by molar-refractivity contribution is -0.139. The zero-order valence-corrected chi connectivity index (χ0v) is 12.5. The molecule has 0 spiro atoms. The van der Waals surface area contributed by atoms with Crippen molar-refractivity contribution in [3.05, 3.63) is 29.8 Å². The fraction of sp³-hybridized carbons (Fsp3) is 0.500. The molecular weight excluding hydrogens is 268 g/mol. The Bertz CT molecular complexity index is 530. The highest BCUT2D eigenvalue weighted by Gasteiger charge is 2.30. The molecule has 2 N–H and O–H groups in total. The first kappa shape index (κ1) is 15.5. The standard InChI is InChI=1S/C16H22N2O3/c1-3-6-13(16(20)21)17-10-15(19)18-11(2)9-12-7-4-5-8-14(12)18/h4-5,7-8,11,13,17H,3,6,9-10H2,1-2H3,(H,20,21)/t11-,13+/m0/s1. The van der Waals surface area contributed by atoms with E-state index >= 15 is 0 Å². The second-order valence-electron chi connectivity index (χ2n) is 5.51. The first-order valence-electron chi connectivity index (χ1n) is 7.40. The number of nitrogens with zero attached hydrogens (tertiary/aromatic N) is 1. The molecular formula is C16H22N2O3. The predicted molar refractivity (Wildman–Crippen MR) is 81.4 cm³/mol. The highest BCUT2D eigenvalue weighted by Crippen LogP contribution is 2.31. The minimum atomic E-state index is -0.903. The van der Waals surface area contributed by atoms with Crippen LogP contribution in [0.4, 0.5) is 5.69 Å². The van der Waals surface area contributed by atoms with Crippen molar-refractivity contribution in [2.75, 3.05) is 11.4 Å². The van der Waals surface area contributed by atoms with Gasteiger partial charge in [0.1, 0.15) is 6.04 Å². The number of hydrogen-bond acceptors (Lipinski definition) is 3. The fourth-order valence-corrected chi connectivity index (χ4v) is 2.84. The molecule has 0 radical (unpaired) electrons.